The van der Waals surface area contributed by atoms with Crippen LogP contribution >= 0.6 is 11.6 Å². The molecular formula is C9H12BClO3. The van der Waals surface area contributed by atoms with Crippen LogP contribution in [0, 0.1) is 6.92 Å². The summed E-state index contributed by atoms with van der Waals surface area (Å²) in [6, 6.07) is 3.17. The summed E-state index contributed by atoms with van der Waals surface area (Å²) in [5.74, 6) is 0.454. The highest BCUT2D eigenvalue weighted by atomic mass is 35.5. The molecule has 0 spiro atoms. The Morgan fingerprint density at radius 2 is 2.07 bits per heavy atom. The summed E-state index contributed by atoms with van der Waals surface area (Å²) in [5, 5.41) is 18.7. The third-order valence-electron chi connectivity index (χ3n) is 1.94. The van der Waals surface area contributed by atoms with E-state index < -0.39 is 7.12 Å². The number of hydrogen-bond acceptors (Lipinski definition) is 3. The van der Waals surface area contributed by atoms with E-state index in [2.05, 4.69) is 0 Å². The maximum Gasteiger partial charge on any atom is 0.492 e. The van der Waals surface area contributed by atoms with Crippen LogP contribution in [-0.2, 0) is 0 Å². The Hall–Kier alpha value is -0.705. The van der Waals surface area contributed by atoms with E-state index in [1.165, 1.54) is 0 Å². The predicted molar refractivity (Wildman–Crippen MR) is 57.2 cm³/mol. The minimum atomic E-state index is -1.53. The number of benzene rings is 1. The van der Waals surface area contributed by atoms with Crippen molar-refractivity contribution in [3.8, 4) is 5.75 Å². The lowest BCUT2D eigenvalue weighted by Crippen LogP contribution is -2.32. The summed E-state index contributed by atoms with van der Waals surface area (Å²) in [6.07, 6.45) is 0. The smallest absolute Gasteiger partial charge is 0.492 e. The number of halogens is 1. The van der Waals surface area contributed by atoms with Crippen molar-refractivity contribution in [3.63, 3.8) is 0 Å². The van der Waals surface area contributed by atoms with E-state index in [0.29, 0.717) is 22.8 Å². The molecule has 1 aromatic carbocycles. The first-order chi connectivity index (χ1) is 6.57. The Morgan fingerprint density at radius 3 is 2.57 bits per heavy atom. The van der Waals surface area contributed by atoms with Crippen LogP contribution in [0.4, 0.5) is 0 Å². The number of rotatable bonds is 3. The van der Waals surface area contributed by atoms with E-state index in [1.54, 1.807) is 19.1 Å². The molecule has 0 unspecified atom stereocenters. The summed E-state index contributed by atoms with van der Waals surface area (Å²) < 4.78 is 5.31. The Kier molecular flexibility index (Phi) is 3.81. The molecule has 0 radical (unpaired) electrons. The molecule has 3 nitrogen and oxygen atoms in total. The van der Waals surface area contributed by atoms with Gasteiger partial charge in [-0.1, -0.05) is 17.7 Å². The second-order valence-electron chi connectivity index (χ2n) is 2.90. The summed E-state index contributed by atoms with van der Waals surface area (Å²) in [7, 11) is -1.53. The van der Waals surface area contributed by atoms with Gasteiger partial charge >= 0.3 is 7.12 Å². The van der Waals surface area contributed by atoms with Gasteiger partial charge in [-0.05, 0) is 19.9 Å². The fraction of sp³-hybridized carbons (Fsp3) is 0.333. The van der Waals surface area contributed by atoms with Crippen LogP contribution in [0.3, 0.4) is 0 Å². The highest BCUT2D eigenvalue weighted by Crippen LogP contribution is 2.23. The minimum absolute atomic E-state index is 0.341. The second kappa shape index (κ2) is 4.69. The summed E-state index contributed by atoms with van der Waals surface area (Å²) in [4.78, 5) is 0. The van der Waals surface area contributed by atoms with Gasteiger partial charge in [0.05, 0.1) is 6.61 Å². The third kappa shape index (κ3) is 2.21. The van der Waals surface area contributed by atoms with E-state index in [4.69, 9.17) is 26.4 Å². The molecule has 0 aliphatic rings. The molecule has 5 heteroatoms. The van der Waals surface area contributed by atoms with Gasteiger partial charge in [-0.2, -0.15) is 0 Å². The van der Waals surface area contributed by atoms with Crippen molar-refractivity contribution in [1.29, 1.82) is 0 Å². The van der Waals surface area contributed by atoms with E-state index in [1.807, 2.05) is 6.92 Å². The monoisotopic (exact) mass is 214 g/mol. The van der Waals surface area contributed by atoms with Gasteiger partial charge in [0.2, 0.25) is 0 Å². The molecule has 0 aromatic heterocycles. The largest absolute Gasteiger partial charge is 0.494 e. The van der Waals surface area contributed by atoms with Gasteiger partial charge in [0, 0.05) is 16.0 Å². The Bertz CT molecular complexity index is 328. The fourth-order valence-electron chi connectivity index (χ4n) is 1.23. The lowest BCUT2D eigenvalue weighted by Gasteiger charge is -2.13. The lowest BCUT2D eigenvalue weighted by atomic mass is 9.78. The molecule has 0 heterocycles. The normalized spacial score (nSPS) is 10.1. The minimum Gasteiger partial charge on any atom is -0.494 e. The molecule has 0 saturated carbocycles. The highest BCUT2D eigenvalue weighted by molar-refractivity contribution is 6.60. The molecule has 0 aliphatic heterocycles. The van der Waals surface area contributed by atoms with Crippen molar-refractivity contribution in [2.45, 2.75) is 13.8 Å². The summed E-state index contributed by atoms with van der Waals surface area (Å²) >= 11 is 5.88. The first-order valence-electron chi connectivity index (χ1n) is 4.35. The summed E-state index contributed by atoms with van der Waals surface area (Å²) in [6.45, 7) is 4.06. The zero-order chi connectivity index (χ0) is 10.7. The molecule has 76 valence electrons. The molecule has 14 heavy (non-hydrogen) atoms. The molecule has 0 aliphatic carbocycles. The molecule has 2 N–H and O–H groups in total. The molecular weight excluding hydrogens is 202 g/mol. The Morgan fingerprint density at radius 1 is 1.43 bits per heavy atom. The number of ether oxygens (including phenoxy) is 1. The van der Waals surface area contributed by atoms with Crippen molar-refractivity contribution in [1.82, 2.24) is 0 Å². The van der Waals surface area contributed by atoms with Crippen molar-refractivity contribution in [2.24, 2.45) is 0 Å². The van der Waals surface area contributed by atoms with E-state index in [0.717, 1.165) is 5.56 Å². The van der Waals surface area contributed by atoms with Gasteiger partial charge in [0.1, 0.15) is 5.75 Å². The maximum absolute atomic E-state index is 9.08. The van der Waals surface area contributed by atoms with Crippen LogP contribution in [0.25, 0.3) is 0 Å². The van der Waals surface area contributed by atoms with Gasteiger partial charge in [0.15, 0.2) is 0 Å². The average molecular weight is 214 g/mol. The van der Waals surface area contributed by atoms with E-state index in [9.17, 15) is 0 Å². The van der Waals surface area contributed by atoms with Gasteiger partial charge in [-0.3, -0.25) is 0 Å². The van der Waals surface area contributed by atoms with Crippen LogP contribution in [0.1, 0.15) is 12.5 Å². The van der Waals surface area contributed by atoms with Crippen LogP contribution < -0.4 is 10.2 Å². The Balaban J connectivity index is 3.22. The van der Waals surface area contributed by atoms with Gasteiger partial charge < -0.3 is 14.8 Å². The quantitative estimate of drug-likeness (QED) is 0.729. The van der Waals surface area contributed by atoms with Crippen LogP contribution in [0.2, 0.25) is 5.02 Å². The van der Waals surface area contributed by atoms with Crippen molar-refractivity contribution < 1.29 is 14.8 Å². The standard InChI is InChI=1S/C9H12BClO3/c1-3-14-9-6(2)8(11)5-4-7(9)10(12)13/h4-5,12-13H,3H2,1-2H3. The van der Waals surface area contributed by atoms with E-state index >= 15 is 0 Å². The molecule has 0 bridgehead atoms. The molecule has 0 atom stereocenters. The third-order valence-corrected chi connectivity index (χ3v) is 2.35. The molecule has 0 saturated heterocycles. The van der Waals surface area contributed by atoms with Gasteiger partial charge in [-0.15, -0.1) is 0 Å². The number of hydrogen-bond donors (Lipinski definition) is 2. The predicted octanol–water partition coefficient (Wildman–Crippen LogP) is 0.727. The van der Waals surface area contributed by atoms with Crippen LogP contribution in [-0.4, -0.2) is 23.8 Å². The SMILES string of the molecule is CCOc1c(B(O)O)ccc(Cl)c1C. The molecule has 1 rings (SSSR count). The van der Waals surface area contributed by atoms with E-state index in [-0.39, 0.29) is 0 Å². The van der Waals surface area contributed by atoms with Gasteiger partial charge in [0.25, 0.3) is 0 Å². The van der Waals surface area contributed by atoms with Crippen molar-refractivity contribution in [2.75, 3.05) is 6.61 Å². The molecule has 0 amide bonds. The van der Waals surface area contributed by atoms with Crippen LogP contribution in [0.5, 0.6) is 5.75 Å². The second-order valence-corrected chi connectivity index (χ2v) is 3.30. The average Bonchev–Trinajstić information content (AvgIpc) is 2.13. The molecule has 0 fully saturated rings. The highest BCUT2D eigenvalue weighted by Gasteiger charge is 2.19. The molecule has 1 aromatic rings. The van der Waals surface area contributed by atoms with Crippen molar-refractivity contribution >= 4 is 24.2 Å². The first-order valence-corrected chi connectivity index (χ1v) is 4.73. The topological polar surface area (TPSA) is 49.7 Å². The maximum atomic E-state index is 9.08. The zero-order valence-electron chi connectivity index (χ0n) is 8.12. The van der Waals surface area contributed by atoms with Gasteiger partial charge in [-0.25, -0.2) is 0 Å². The first kappa shape index (κ1) is 11.4. The fourth-order valence-corrected chi connectivity index (χ4v) is 1.38. The van der Waals surface area contributed by atoms with Crippen molar-refractivity contribution in [3.05, 3.63) is 22.7 Å². The lowest BCUT2D eigenvalue weighted by molar-refractivity contribution is 0.337. The zero-order valence-corrected chi connectivity index (χ0v) is 8.88. The summed E-state index contributed by atoms with van der Waals surface area (Å²) in [5.41, 5.74) is 1.06. The van der Waals surface area contributed by atoms with Crippen LogP contribution in [0.15, 0.2) is 12.1 Å². The Labute approximate surface area is 88.4 Å².